The Morgan fingerprint density at radius 3 is 2.38 bits per heavy atom. The third-order valence-electron chi connectivity index (χ3n) is 3.36. The van der Waals surface area contributed by atoms with Crippen LogP contribution in [0.15, 0.2) is 24.3 Å². The van der Waals surface area contributed by atoms with Gasteiger partial charge in [0.1, 0.15) is 5.75 Å². The Bertz CT molecular complexity index is 382. The molecule has 0 radical (unpaired) electrons. The van der Waals surface area contributed by atoms with Crippen LogP contribution in [0, 0.1) is 23.2 Å². The van der Waals surface area contributed by atoms with E-state index in [9.17, 15) is 0 Å². The fraction of sp³-hybridized carbons (Fsp3) is 0.500. The SMILES string of the molecule is CC(C)[C@H]1C[C@H](Oc2ccc(C#N)cc2)C1. The molecule has 0 unspecified atom stereocenters. The Morgan fingerprint density at radius 2 is 1.88 bits per heavy atom. The Balaban J connectivity index is 1.85. The lowest BCUT2D eigenvalue weighted by Gasteiger charge is -2.37. The summed E-state index contributed by atoms with van der Waals surface area (Å²) in [4.78, 5) is 0. The quantitative estimate of drug-likeness (QED) is 0.774. The zero-order valence-electron chi connectivity index (χ0n) is 9.81. The summed E-state index contributed by atoms with van der Waals surface area (Å²) in [6.45, 7) is 4.53. The van der Waals surface area contributed by atoms with Crippen LogP contribution in [0.1, 0.15) is 32.3 Å². The molecule has 0 spiro atoms. The van der Waals surface area contributed by atoms with Gasteiger partial charge in [-0.3, -0.25) is 0 Å². The summed E-state index contributed by atoms with van der Waals surface area (Å²) in [5, 5.41) is 8.67. The van der Waals surface area contributed by atoms with Crippen molar-refractivity contribution in [3.8, 4) is 11.8 Å². The van der Waals surface area contributed by atoms with Crippen molar-refractivity contribution in [1.29, 1.82) is 5.26 Å². The first-order valence-electron chi connectivity index (χ1n) is 5.86. The normalized spacial score (nSPS) is 23.6. The highest BCUT2D eigenvalue weighted by Gasteiger charge is 2.32. The highest BCUT2D eigenvalue weighted by Crippen LogP contribution is 2.36. The Hall–Kier alpha value is -1.49. The molecular formula is C14H17NO. The van der Waals surface area contributed by atoms with Crippen molar-refractivity contribution >= 4 is 0 Å². The van der Waals surface area contributed by atoms with Crippen LogP contribution in [0.3, 0.4) is 0 Å². The molecule has 2 nitrogen and oxygen atoms in total. The standard InChI is InChI=1S/C14H17NO/c1-10(2)12-7-14(8-12)16-13-5-3-11(9-15)4-6-13/h3-6,10,12,14H,7-8H2,1-2H3/t12-,14-. The number of ether oxygens (including phenoxy) is 1. The van der Waals surface area contributed by atoms with Crippen molar-refractivity contribution in [2.45, 2.75) is 32.8 Å². The average Bonchev–Trinajstić information content (AvgIpc) is 2.23. The van der Waals surface area contributed by atoms with Crippen molar-refractivity contribution < 1.29 is 4.74 Å². The van der Waals surface area contributed by atoms with Crippen LogP contribution in [-0.4, -0.2) is 6.10 Å². The van der Waals surface area contributed by atoms with Gasteiger partial charge in [-0.05, 0) is 48.9 Å². The topological polar surface area (TPSA) is 33.0 Å². The highest BCUT2D eigenvalue weighted by molar-refractivity contribution is 5.34. The summed E-state index contributed by atoms with van der Waals surface area (Å²) in [5.41, 5.74) is 0.681. The van der Waals surface area contributed by atoms with Gasteiger partial charge in [-0.2, -0.15) is 5.26 Å². The molecule has 0 N–H and O–H groups in total. The van der Waals surface area contributed by atoms with E-state index in [-0.39, 0.29) is 0 Å². The first-order valence-corrected chi connectivity index (χ1v) is 5.86. The molecule has 1 aromatic rings. The summed E-state index contributed by atoms with van der Waals surface area (Å²) in [6.07, 6.45) is 2.70. The lowest BCUT2D eigenvalue weighted by Crippen LogP contribution is -2.36. The fourth-order valence-corrected chi connectivity index (χ4v) is 2.05. The monoisotopic (exact) mass is 215 g/mol. The second-order valence-corrected chi connectivity index (χ2v) is 4.85. The number of nitrogens with zero attached hydrogens (tertiary/aromatic N) is 1. The van der Waals surface area contributed by atoms with Crippen LogP contribution in [0.4, 0.5) is 0 Å². The van der Waals surface area contributed by atoms with Crippen LogP contribution in [0.2, 0.25) is 0 Å². The van der Waals surface area contributed by atoms with Gasteiger partial charge in [-0.25, -0.2) is 0 Å². The maximum absolute atomic E-state index is 8.67. The summed E-state index contributed by atoms with van der Waals surface area (Å²) >= 11 is 0. The van der Waals surface area contributed by atoms with Crippen molar-refractivity contribution in [2.24, 2.45) is 11.8 Å². The summed E-state index contributed by atoms with van der Waals surface area (Å²) < 4.78 is 5.82. The average molecular weight is 215 g/mol. The Labute approximate surface area is 96.9 Å². The number of hydrogen-bond acceptors (Lipinski definition) is 2. The number of rotatable bonds is 3. The van der Waals surface area contributed by atoms with Crippen LogP contribution in [-0.2, 0) is 0 Å². The van der Waals surface area contributed by atoms with Crippen molar-refractivity contribution in [3.05, 3.63) is 29.8 Å². The molecule has 0 aliphatic heterocycles. The van der Waals surface area contributed by atoms with E-state index in [1.165, 1.54) is 0 Å². The van der Waals surface area contributed by atoms with E-state index in [2.05, 4.69) is 19.9 Å². The predicted molar refractivity (Wildman–Crippen MR) is 63.1 cm³/mol. The minimum absolute atomic E-state index is 0.375. The summed E-state index contributed by atoms with van der Waals surface area (Å²) in [7, 11) is 0. The molecule has 0 bridgehead atoms. The predicted octanol–water partition coefficient (Wildman–Crippen LogP) is 3.37. The van der Waals surface area contributed by atoms with E-state index in [4.69, 9.17) is 10.00 Å². The molecule has 1 aliphatic rings. The van der Waals surface area contributed by atoms with Crippen LogP contribution >= 0.6 is 0 Å². The fourth-order valence-electron chi connectivity index (χ4n) is 2.05. The first-order chi connectivity index (χ1) is 7.69. The first kappa shape index (κ1) is 11.0. The van der Waals surface area contributed by atoms with Gasteiger partial charge in [-0.15, -0.1) is 0 Å². The number of benzene rings is 1. The van der Waals surface area contributed by atoms with Crippen LogP contribution < -0.4 is 4.74 Å². The van der Waals surface area contributed by atoms with Gasteiger partial charge >= 0.3 is 0 Å². The third kappa shape index (κ3) is 2.36. The summed E-state index contributed by atoms with van der Waals surface area (Å²) in [6, 6.07) is 9.45. The molecule has 2 rings (SSSR count). The number of hydrogen-bond donors (Lipinski definition) is 0. The zero-order valence-corrected chi connectivity index (χ0v) is 9.81. The molecule has 84 valence electrons. The molecule has 0 aromatic heterocycles. The van der Waals surface area contributed by atoms with Gasteiger partial charge in [0.25, 0.3) is 0 Å². The maximum Gasteiger partial charge on any atom is 0.119 e. The third-order valence-corrected chi connectivity index (χ3v) is 3.36. The minimum Gasteiger partial charge on any atom is -0.490 e. The van der Waals surface area contributed by atoms with Crippen molar-refractivity contribution in [2.75, 3.05) is 0 Å². The molecule has 1 aliphatic carbocycles. The van der Waals surface area contributed by atoms with E-state index in [1.54, 1.807) is 12.1 Å². The molecule has 1 saturated carbocycles. The van der Waals surface area contributed by atoms with Gasteiger partial charge < -0.3 is 4.74 Å². The van der Waals surface area contributed by atoms with Gasteiger partial charge in [0.2, 0.25) is 0 Å². The Kier molecular flexibility index (Phi) is 3.14. The molecule has 1 aromatic carbocycles. The van der Waals surface area contributed by atoms with Crippen molar-refractivity contribution in [3.63, 3.8) is 0 Å². The lowest BCUT2D eigenvalue weighted by molar-refractivity contribution is 0.0417. The molecule has 0 atom stereocenters. The Morgan fingerprint density at radius 1 is 1.25 bits per heavy atom. The second-order valence-electron chi connectivity index (χ2n) is 4.85. The number of nitriles is 1. The van der Waals surface area contributed by atoms with E-state index < -0.39 is 0 Å². The van der Waals surface area contributed by atoms with E-state index in [1.807, 2.05) is 12.1 Å². The smallest absolute Gasteiger partial charge is 0.119 e. The van der Waals surface area contributed by atoms with Crippen LogP contribution in [0.25, 0.3) is 0 Å². The molecule has 16 heavy (non-hydrogen) atoms. The van der Waals surface area contributed by atoms with Crippen molar-refractivity contribution in [1.82, 2.24) is 0 Å². The highest BCUT2D eigenvalue weighted by atomic mass is 16.5. The van der Waals surface area contributed by atoms with Crippen LogP contribution in [0.5, 0.6) is 5.75 Å². The molecular weight excluding hydrogens is 198 g/mol. The van der Waals surface area contributed by atoms with E-state index >= 15 is 0 Å². The molecule has 2 heteroatoms. The molecule has 0 saturated heterocycles. The van der Waals surface area contributed by atoms with E-state index in [0.717, 1.165) is 30.4 Å². The van der Waals surface area contributed by atoms with E-state index in [0.29, 0.717) is 11.7 Å². The van der Waals surface area contributed by atoms with Gasteiger partial charge in [-0.1, -0.05) is 13.8 Å². The van der Waals surface area contributed by atoms with Gasteiger partial charge in [0.15, 0.2) is 0 Å². The second kappa shape index (κ2) is 4.57. The lowest BCUT2D eigenvalue weighted by atomic mass is 9.75. The molecule has 0 amide bonds. The maximum atomic E-state index is 8.67. The van der Waals surface area contributed by atoms with Gasteiger partial charge in [0, 0.05) is 0 Å². The summed E-state index contributed by atoms with van der Waals surface area (Å²) in [5.74, 6) is 2.47. The largest absolute Gasteiger partial charge is 0.490 e. The van der Waals surface area contributed by atoms with Gasteiger partial charge in [0.05, 0.1) is 17.7 Å². The molecule has 0 heterocycles. The molecule has 1 fully saturated rings. The zero-order chi connectivity index (χ0) is 11.5. The minimum atomic E-state index is 0.375.